The molecule has 0 saturated heterocycles. The Morgan fingerprint density at radius 2 is 2.08 bits per heavy atom. The number of benzene rings is 1. The molecule has 3 heterocycles. The second kappa shape index (κ2) is 9.99. The first kappa shape index (κ1) is 24.4. The Bertz CT molecular complexity index is 1290. The van der Waals surface area contributed by atoms with Gasteiger partial charge in [0.15, 0.2) is 0 Å². The molecule has 4 N–H and O–H groups in total. The van der Waals surface area contributed by atoms with E-state index in [1.54, 1.807) is 24.5 Å². The normalized spacial score (nSPS) is 20.7. The van der Waals surface area contributed by atoms with Crippen molar-refractivity contribution in [2.45, 2.75) is 45.6 Å². The highest BCUT2D eigenvalue weighted by Crippen LogP contribution is 2.48. The summed E-state index contributed by atoms with van der Waals surface area (Å²) in [6, 6.07) is 4.95. The van der Waals surface area contributed by atoms with Crippen LogP contribution < -0.4 is 21.1 Å². The second-order valence-corrected chi connectivity index (χ2v) is 9.78. The van der Waals surface area contributed by atoms with E-state index >= 15 is 4.39 Å². The van der Waals surface area contributed by atoms with Crippen LogP contribution in [0.5, 0.6) is 5.88 Å². The average Bonchev–Trinajstić information content (AvgIpc) is 2.86. The van der Waals surface area contributed by atoms with Crippen LogP contribution in [0.25, 0.3) is 21.9 Å². The molecule has 1 aliphatic carbocycles. The molecule has 2 aliphatic rings. The van der Waals surface area contributed by atoms with Gasteiger partial charge in [0.25, 0.3) is 5.91 Å². The molecule has 5 rings (SSSR count). The Labute approximate surface area is 209 Å². The van der Waals surface area contributed by atoms with E-state index in [9.17, 15) is 4.79 Å². The number of rotatable bonds is 8. The van der Waals surface area contributed by atoms with E-state index in [-0.39, 0.29) is 29.9 Å². The molecule has 1 saturated carbocycles. The maximum atomic E-state index is 15.1. The molecule has 1 fully saturated rings. The van der Waals surface area contributed by atoms with Crippen molar-refractivity contribution < 1.29 is 18.7 Å². The Morgan fingerprint density at radius 1 is 1.25 bits per heavy atom. The first-order chi connectivity index (χ1) is 17.4. The number of amides is 1. The highest BCUT2D eigenvalue weighted by Gasteiger charge is 2.42. The van der Waals surface area contributed by atoms with Crippen molar-refractivity contribution in [3.8, 4) is 17.0 Å². The van der Waals surface area contributed by atoms with Crippen LogP contribution in [0.15, 0.2) is 30.6 Å². The van der Waals surface area contributed by atoms with Gasteiger partial charge in [-0.15, -0.1) is 0 Å². The minimum absolute atomic E-state index is 0.0312. The molecule has 0 unspecified atom stereocenters. The summed E-state index contributed by atoms with van der Waals surface area (Å²) in [7, 11) is 0. The molecule has 8 nitrogen and oxygen atoms in total. The number of nitrogens with two attached hydrogens (primary N) is 1. The fourth-order valence-corrected chi connectivity index (χ4v) is 5.31. The Hall–Kier alpha value is -3.30. The number of carbonyl (C=O) groups is 1. The van der Waals surface area contributed by atoms with Gasteiger partial charge in [0.2, 0.25) is 5.88 Å². The number of aromatic nitrogens is 2. The van der Waals surface area contributed by atoms with Gasteiger partial charge >= 0.3 is 0 Å². The van der Waals surface area contributed by atoms with E-state index < -0.39 is 0 Å². The van der Waals surface area contributed by atoms with Crippen molar-refractivity contribution in [3.05, 3.63) is 42.0 Å². The molecular weight excluding hydrogens is 461 g/mol. The van der Waals surface area contributed by atoms with Crippen LogP contribution >= 0.6 is 0 Å². The number of hydrogen-bond donors (Lipinski definition) is 3. The lowest BCUT2D eigenvalue weighted by Gasteiger charge is -2.47. The van der Waals surface area contributed by atoms with Crippen LogP contribution in [-0.4, -0.2) is 48.3 Å². The average molecular weight is 494 g/mol. The van der Waals surface area contributed by atoms with Crippen molar-refractivity contribution in [2.75, 3.05) is 36.9 Å². The summed E-state index contributed by atoms with van der Waals surface area (Å²) in [5, 5.41) is 7.48. The molecule has 9 heteroatoms. The molecule has 1 aliphatic heterocycles. The third-order valence-corrected chi connectivity index (χ3v) is 7.51. The minimum Gasteiger partial charge on any atom is -0.474 e. The molecule has 36 heavy (non-hydrogen) atoms. The van der Waals surface area contributed by atoms with Gasteiger partial charge in [0.05, 0.1) is 6.10 Å². The van der Waals surface area contributed by atoms with E-state index in [4.69, 9.17) is 15.2 Å². The third-order valence-electron chi connectivity index (χ3n) is 7.51. The zero-order chi connectivity index (χ0) is 25.3. The summed E-state index contributed by atoms with van der Waals surface area (Å²) < 4.78 is 26.5. The van der Waals surface area contributed by atoms with Gasteiger partial charge in [-0.25, -0.2) is 14.4 Å². The van der Waals surface area contributed by atoms with Gasteiger partial charge in [0, 0.05) is 35.5 Å². The van der Waals surface area contributed by atoms with Gasteiger partial charge in [-0.2, -0.15) is 0 Å². The maximum absolute atomic E-state index is 15.1. The largest absolute Gasteiger partial charge is 0.474 e. The maximum Gasteiger partial charge on any atom is 0.251 e. The molecule has 2 aromatic heterocycles. The van der Waals surface area contributed by atoms with E-state index in [0.29, 0.717) is 47.9 Å². The van der Waals surface area contributed by atoms with Gasteiger partial charge < -0.3 is 25.8 Å². The number of nitrogens with one attached hydrogen (secondary N) is 2. The number of fused-ring (bicyclic) bond motifs is 2. The highest BCUT2D eigenvalue weighted by atomic mass is 19.1. The molecule has 0 radical (unpaired) electrons. The number of ether oxygens (including phenoxy) is 2. The molecule has 0 atom stereocenters. The Kier molecular flexibility index (Phi) is 6.77. The molecule has 190 valence electrons. The Morgan fingerprint density at radius 3 is 2.86 bits per heavy atom. The van der Waals surface area contributed by atoms with Crippen LogP contribution in [0.1, 0.15) is 38.2 Å². The number of nitrogens with zero attached hydrogens (tertiary/aromatic N) is 2. The second-order valence-electron chi connectivity index (χ2n) is 9.78. The fourth-order valence-electron chi connectivity index (χ4n) is 5.31. The smallest absolute Gasteiger partial charge is 0.251 e. The monoisotopic (exact) mass is 493 g/mol. The van der Waals surface area contributed by atoms with Crippen LogP contribution in [-0.2, 0) is 9.53 Å². The summed E-state index contributed by atoms with van der Waals surface area (Å²) >= 11 is 0. The van der Waals surface area contributed by atoms with Crippen LogP contribution in [0, 0.1) is 18.2 Å². The van der Waals surface area contributed by atoms with Crippen molar-refractivity contribution >= 4 is 28.2 Å². The third kappa shape index (κ3) is 4.73. The lowest BCUT2D eigenvalue weighted by molar-refractivity contribution is -0.131. The number of pyridine rings is 2. The van der Waals surface area contributed by atoms with Crippen molar-refractivity contribution in [3.63, 3.8) is 0 Å². The molecule has 1 aromatic carbocycles. The van der Waals surface area contributed by atoms with Gasteiger partial charge in [-0.1, -0.05) is 13.3 Å². The van der Waals surface area contributed by atoms with E-state index in [2.05, 4.69) is 27.5 Å². The quantitative estimate of drug-likeness (QED) is 0.426. The Balaban J connectivity index is 1.29. The first-order valence-electron chi connectivity index (χ1n) is 12.5. The molecule has 0 bridgehead atoms. The minimum atomic E-state index is -0.366. The standard InChI is InChI=1S/C27H32FN5O3/c1-3-27(4-5-29)11-19(12-27)36-15-24(34)33-23-10-17-8-20(22(28)9-18(17)13-31-23)21-14-32-26-25(16(21)2)30-6-7-35-26/h8-10,13-14,19,30H,3-7,11-12,15,29H2,1-2H3,(H,31,33,34). The molecule has 0 spiro atoms. The van der Waals surface area contributed by atoms with Gasteiger partial charge in [-0.3, -0.25) is 4.79 Å². The predicted octanol–water partition coefficient (Wildman–Crippen LogP) is 4.41. The molecule has 1 amide bonds. The zero-order valence-corrected chi connectivity index (χ0v) is 20.7. The summed E-state index contributed by atoms with van der Waals surface area (Å²) in [5.41, 5.74) is 8.76. The predicted molar refractivity (Wildman–Crippen MR) is 138 cm³/mol. The summed E-state index contributed by atoms with van der Waals surface area (Å²) in [5.74, 6) is 0.289. The zero-order valence-electron chi connectivity index (χ0n) is 20.7. The number of halogens is 1. The summed E-state index contributed by atoms with van der Waals surface area (Å²) in [6.45, 7) is 5.96. The summed E-state index contributed by atoms with van der Waals surface area (Å²) in [6.07, 6.45) is 7.22. The number of hydrogen-bond acceptors (Lipinski definition) is 7. The van der Waals surface area contributed by atoms with Crippen LogP contribution in [0.4, 0.5) is 15.9 Å². The summed E-state index contributed by atoms with van der Waals surface area (Å²) in [4.78, 5) is 21.1. The number of carbonyl (C=O) groups excluding carboxylic acids is 1. The molecule has 3 aromatic rings. The molecular formula is C27H32FN5O3. The SMILES string of the molecule is CCC1(CCN)CC(OCC(=O)Nc2cc3cc(-c4cnc5c(c4C)NCCO5)c(F)cc3cn2)C1. The van der Waals surface area contributed by atoms with E-state index in [0.717, 1.165) is 42.3 Å². The highest BCUT2D eigenvalue weighted by molar-refractivity contribution is 5.95. The topological polar surface area (TPSA) is 111 Å². The first-order valence-corrected chi connectivity index (χ1v) is 12.5. The van der Waals surface area contributed by atoms with Crippen molar-refractivity contribution in [1.82, 2.24) is 9.97 Å². The van der Waals surface area contributed by atoms with Crippen LogP contribution in [0.2, 0.25) is 0 Å². The fraction of sp³-hybridized carbons (Fsp3) is 0.444. The lowest BCUT2D eigenvalue weighted by Crippen LogP contribution is -2.44. The van der Waals surface area contributed by atoms with Crippen molar-refractivity contribution in [1.29, 1.82) is 0 Å². The van der Waals surface area contributed by atoms with Crippen molar-refractivity contribution in [2.24, 2.45) is 11.1 Å². The van der Waals surface area contributed by atoms with E-state index in [1.165, 1.54) is 6.07 Å². The number of anilines is 2. The van der Waals surface area contributed by atoms with E-state index in [1.807, 2.05) is 6.92 Å². The van der Waals surface area contributed by atoms with Gasteiger partial charge in [-0.05, 0) is 67.3 Å². The van der Waals surface area contributed by atoms with Crippen LogP contribution in [0.3, 0.4) is 0 Å². The van der Waals surface area contributed by atoms with Gasteiger partial charge in [0.1, 0.15) is 30.5 Å². The lowest BCUT2D eigenvalue weighted by atomic mass is 9.63.